The standard InChI is InChI=1S/C10H9ClF3N3O3/c1-16(4-10(12,13)14)9(18)5-2-6(11)8(15)7(3-5)17(19)20/h2-3H,4,15H2,1H3. The van der Waals surface area contributed by atoms with E-state index in [1.54, 1.807) is 0 Å². The molecule has 0 atom stereocenters. The number of hydrogen-bond donors (Lipinski definition) is 1. The molecule has 0 bridgehead atoms. The summed E-state index contributed by atoms with van der Waals surface area (Å²) in [7, 11) is 0.923. The molecule has 0 aromatic heterocycles. The van der Waals surface area contributed by atoms with Crippen LogP contribution in [0.4, 0.5) is 24.5 Å². The van der Waals surface area contributed by atoms with E-state index < -0.39 is 29.2 Å². The van der Waals surface area contributed by atoms with E-state index in [4.69, 9.17) is 17.3 Å². The quantitative estimate of drug-likeness (QED) is 0.527. The molecule has 0 spiro atoms. The second kappa shape index (κ2) is 5.53. The Labute approximate surface area is 116 Å². The molecule has 0 heterocycles. The van der Waals surface area contributed by atoms with Crippen LogP contribution in [-0.4, -0.2) is 35.5 Å². The van der Waals surface area contributed by atoms with Crippen LogP contribution < -0.4 is 5.73 Å². The summed E-state index contributed by atoms with van der Waals surface area (Å²) in [4.78, 5) is 22.0. The van der Waals surface area contributed by atoms with E-state index in [9.17, 15) is 28.1 Å². The number of carbonyl (C=O) groups excluding carboxylic acids is 1. The van der Waals surface area contributed by atoms with Gasteiger partial charge in [-0.25, -0.2) is 0 Å². The van der Waals surface area contributed by atoms with Gasteiger partial charge in [-0.1, -0.05) is 11.6 Å². The monoisotopic (exact) mass is 311 g/mol. The Morgan fingerprint density at radius 3 is 2.50 bits per heavy atom. The number of carbonyl (C=O) groups is 1. The van der Waals surface area contributed by atoms with Crippen molar-refractivity contribution >= 4 is 28.9 Å². The second-order valence-electron chi connectivity index (χ2n) is 3.92. The van der Waals surface area contributed by atoms with Crippen molar-refractivity contribution in [1.82, 2.24) is 4.90 Å². The first-order valence-corrected chi connectivity index (χ1v) is 5.46. The molecule has 0 aliphatic rings. The van der Waals surface area contributed by atoms with Crippen LogP contribution in [0.15, 0.2) is 12.1 Å². The Morgan fingerprint density at radius 2 is 2.05 bits per heavy atom. The van der Waals surface area contributed by atoms with Gasteiger partial charge in [-0.2, -0.15) is 13.2 Å². The molecule has 20 heavy (non-hydrogen) atoms. The van der Waals surface area contributed by atoms with Crippen molar-refractivity contribution in [1.29, 1.82) is 0 Å². The topological polar surface area (TPSA) is 89.5 Å². The van der Waals surface area contributed by atoms with Crippen LogP contribution in [0.5, 0.6) is 0 Å². The number of hydrogen-bond acceptors (Lipinski definition) is 4. The fourth-order valence-corrected chi connectivity index (χ4v) is 1.65. The molecule has 1 rings (SSSR count). The molecule has 1 amide bonds. The molecule has 0 aliphatic carbocycles. The van der Waals surface area contributed by atoms with E-state index in [-0.39, 0.29) is 16.3 Å². The summed E-state index contributed by atoms with van der Waals surface area (Å²) >= 11 is 5.62. The van der Waals surface area contributed by atoms with Crippen molar-refractivity contribution in [3.05, 3.63) is 32.8 Å². The molecule has 0 unspecified atom stereocenters. The Balaban J connectivity index is 3.14. The first kappa shape index (κ1) is 16.0. The predicted octanol–water partition coefficient (Wildman–Crippen LogP) is 2.46. The van der Waals surface area contributed by atoms with Crippen molar-refractivity contribution < 1.29 is 22.9 Å². The van der Waals surface area contributed by atoms with Gasteiger partial charge >= 0.3 is 6.18 Å². The average molecular weight is 312 g/mol. The zero-order valence-corrected chi connectivity index (χ0v) is 10.8. The van der Waals surface area contributed by atoms with Crippen molar-refractivity contribution in [2.75, 3.05) is 19.3 Å². The summed E-state index contributed by atoms with van der Waals surface area (Å²) in [5.41, 5.74) is 4.01. The van der Waals surface area contributed by atoms with Crippen LogP contribution in [0.25, 0.3) is 0 Å². The average Bonchev–Trinajstić information content (AvgIpc) is 2.28. The van der Waals surface area contributed by atoms with E-state index in [2.05, 4.69) is 0 Å². The number of nitrogens with two attached hydrogens (primary N) is 1. The number of nitrogens with zero attached hydrogens (tertiary/aromatic N) is 2. The molecular formula is C10H9ClF3N3O3. The lowest BCUT2D eigenvalue weighted by Crippen LogP contribution is -2.35. The Bertz CT molecular complexity index is 563. The Kier molecular flexibility index (Phi) is 4.43. The highest BCUT2D eigenvalue weighted by atomic mass is 35.5. The van der Waals surface area contributed by atoms with Gasteiger partial charge < -0.3 is 10.6 Å². The second-order valence-corrected chi connectivity index (χ2v) is 4.33. The predicted molar refractivity (Wildman–Crippen MR) is 65.5 cm³/mol. The summed E-state index contributed by atoms with van der Waals surface area (Å²) in [6, 6.07) is 1.77. The normalized spacial score (nSPS) is 11.2. The first-order valence-electron chi connectivity index (χ1n) is 5.08. The highest BCUT2D eigenvalue weighted by molar-refractivity contribution is 6.34. The molecule has 0 saturated carbocycles. The minimum absolute atomic E-state index is 0.275. The summed E-state index contributed by atoms with van der Waals surface area (Å²) in [6.45, 7) is -1.48. The lowest BCUT2D eigenvalue weighted by molar-refractivity contribution is -0.383. The van der Waals surface area contributed by atoms with Gasteiger partial charge in [0.05, 0.1) is 9.95 Å². The fraction of sp³-hybridized carbons (Fsp3) is 0.300. The van der Waals surface area contributed by atoms with Gasteiger partial charge in [-0.15, -0.1) is 0 Å². The largest absolute Gasteiger partial charge is 0.406 e. The molecule has 10 heteroatoms. The van der Waals surface area contributed by atoms with Crippen molar-refractivity contribution in [3.63, 3.8) is 0 Å². The Hall–Kier alpha value is -2.03. The van der Waals surface area contributed by atoms with Crippen LogP contribution >= 0.6 is 11.6 Å². The van der Waals surface area contributed by atoms with Gasteiger partial charge in [0.1, 0.15) is 12.2 Å². The number of amides is 1. The van der Waals surface area contributed by atoms with Crippen molar-refractivity contribution in [2.45, 2.75) is 6.18 Å². The molecule has 0 radical (unpaired) electrons. The van der Waals surface area contributed by atoms with Crippen LogP contribution in [-0.2, 0) is 0 Å². The third-order valence-corrected chi connectivity index (χ3v) is 2.63. The third kappa shape index (κ3) is 3.73. The van der Waals surface area contributed by atoms with E-state index in [0.29, 0.717) is 4.90 Å². The number of rotatable bonds is 3. The summed E-state index contributed by atoms with van der Waals surface area (Å²) in [5.74, 6) is -1.05. The zero-order valence-electron chi connectivity index (χ0n) is 10.1. The maximum Gasteiger partial charge on any atom is 0.406 e. The Morgan fingerprint density at radius 1 is 1.50 bits per heavy atom. The number of nitro groups is 1. The first-order chi connectivity index (χ1) is 9.03. The molecule has 1 aromatic carbocycles. The van der Waals surface area contributed by atoms with Gasteiger partial charge in [-0.3, -0.25) is 14.9 Å². The third-order valence-electron chi connectivity index (χ3n) is 2.31. The van der Waals surface area contributed by atoms with Gasteiger partial charge in [0, 0.05) is 18.7 Å². The fourth-order valence-electron chi connectivity index (χ4n) is 1.44. The summed E-state index contributed by atoms with van der Waals surface area (Å²) < 4.78 is 36.6. The van der Waals surface area contributed by atoms with Gasteiger partial charge in [-0.05, 0) is 6.07 Å². The molecule has 110 valence electrons. The van der Waals surface area contributed by atoms with Crippen LogP contribution in [0, 0.1) is 10.1 Å². The number of benzene rings is 1. The molecule has 1 aromatic rings. The van der Waals surface area contributed by atoms with Crippen LogP contribution in [0.3, 0.4) is 0 Å². The van der Waals surface area contributed by atoms with Crippen molar-refractivity contribution in [2.24, 2.45) is 0 Å². The summed E-state index contributed by atoms with van der Waals surface area (Å²) in [5, 5.41) is 10.4. The molecule has 0 fully saturated rings. The smallest absolute Gasteiger partial charge is 0.392 e. The number of halogens is 4. The highest BCUT2D eigenvalue weighted by Gasteiger charge is 2.32. The minimum atomic E-state index is -4.58. The molecule has 0 aliphatic heterocycles. The molecular weight excluding hydrogens is 303 g/mol. The zero-order chi connectivity index (χ0) is 15.7. The van der Waals surface area contributed by atoms with Gasteiger partial charge in [0.15, 0.2) is 0 Å². The SMILES string of the molecule is CN(CC(F)(F)F)C(=O)c1cc(Cl)c(N)c([N+](=O)[O-])c1. The van der Waals surface area contributed by atoms with Gasteiger partial charge in [0.25, 0.3) is 11.6 Å². The van der Waals surface area contributed by atoms with E-state index in [0.717, 1.165) is 19.2 Å². The van der Waals surface area contributed by atoms with Crippen LogP contribution in [0.1, 0.15) is 10.4 Å². The number of alkyl halides is 3. The van der Waals surface area contributed by atoms with E-state index in [1.165, 1.54) is 0 Å². The summed E-state index contributed by atoms with van der Waals surface area (Å²) in [6.07, 6.45) is -4.58. The molecule has 2 N–H and O–H groups in total. The minimum Gasteiger partial charge on any atom is -0.392 e. The van der Waals surface area contributed by atoms with Gasteiger partial charge in [0.2, 0.25) is 0 Å². The number of anilines is 1. The van der Waals surface area contributed by atoms with Crippen molar-refractivity contribution in [3.8, 4) is 0 Å². The van der Waals surface area contributed by atoms with E-state index >= 15 is 0 Å². The number of nitro benzene ring substituents is 1. The molecule has 6 nitrogen and oxygen atoms in total. The molecule has 0 saturated heterocycles. The lowest BCUT2D eigenvalue weighted by Gasteiger charge is -2.19. The lowest BCUT2D eigenvalue weighted by atomic mass is 10.1. The van der Waals surface area contributed by atoms with E-state index in [1.807, 2.05) is 0 Å². The number of nitrogen functional groups attached to an aromatic ring is 1. The van der Waals surface area contributed by atoms with Crippen LogP contribution in [0.2, 0.25) is 5.02 Å². The maximum atomic E-state index is 12.2. The maximum absolute atomic E-state index is 12.2. The highest BCUT2D eigenvalue weighted by Crippen LogP contribution is 2.31.